The third-order valence-corrected chi connectivity index (χ3v) is 7.33. The molecule has 0 fully saturated rings. The number of nitrogens with zero attached hydrogens (tertiary/aromatic N) is 1. The van der Waals surface area contributed by atoms with Crippen molar-refractivity contribution in [3.05, 3.63) is 114 Å². The molecule has 0 amide bonds. The number of rotatable bonds is 7. The van der Waals surface area contributed by atoms with Gasteiger partial charge in [0.1, 0.15) is 0 Å². The SMILES string of the molecule is Cc1ccc(N(c2ccccc2)c2ccc3c(c2)C(CC(C)C)(CC(C)C)c2ccccc2-3)cc1. The van der Waals surface area contributed by atoms with E-state index < -0.39 is 0 Å². The summed E-state index contributed by atoms with van der Waals surface area (Å²) in [7, 11) is 0. The van der Waals surface area contributed by atoms with Gasteiger partial charge in [0.15, 0.2) is 0 Å². The van der Waals surface area contributed by atoms with Crippen LogP contribution in [0.3, 0.4) is 0 Å². The minimum Gasteiger partial charge on any atom is -0.310 e. The van der Waals surface area contributed by atoms with Gasteiger partial charge in [-0.05, 0) is 90.3 Å². The summed E-state index contributed by atoms with van der Waals surface area (Å²) in [4.78, 5) is 2.40. The fraction of sp³-hybridized carbons (Fsp3) is 0.294. The van der Waals surface area contributed by atoms with Crippen molar-refractivity contribution in [2.24, 2.45) is 11.8 Å². The van der Waals surface area contributed by atoms with Crippen molar-refractivity contribution in [2.75, 3.05) is 4.90 Å². The molecule has 4 aromatic carbocycles. The molecule has 0 atom stereocenters. The molecule has 4 aromatic rings. The number of hydrogen-bond acceptors (Lipinski definition) is 1. The molecule has 1 nitrogen and oxygen atoms in total. The highest BCUT2D eigenvalue weighted by Crippen LogP contribution is 2.56. The number of hydrogen-bond donors (Lipinski definition) is 0. The van der Waals surface area contributed by atoms with Crippen molar-refractivity contribution in [1.29, 1.82) is 0 Å². The van der Waals surface area contributed by atoms with Crippen LogP contribution in [0.2, 0.25) is 0 Å². The van der Waals surface area contributed by atoms with Crippen LogP contribution in [0.15, 0.2) is 97.1 Å². The Kier molecular flexibility index (Phi) is 6.28. The Morgan fingerprint density at radius 3 is 1.77 bits per heavy atom. The fourth-order valence-corrected chi connectivity index (χ4v) is 6.22. The summed E-state index contributed by atoms with van der Waals surface area (Å²) in [5.41, 5.74) is 10.7. The summed E-state index contributed by atoms with van der Waals surface area (Å²) in [6.07, 6.45) is 2.32. The van der Waals surface area contributed by atoms with Crippen LogP contribution in [-0.4, -0.2) is 0 Å². The smallest absolute Gasteiger partial charge is 0.0465 e. The maximum atomic E-state index is 2.49. The topological polar surface area (TPSA) is 3.24 Å². The Morgan fingerprint density at radius 1 is 0.571 bits per heavy atom. The summed E-state index contributed by atoms with van der Waals surface area (Å²) in [5, 5.41) is 0. The van der Waals surface area contributed by atoms with Crippen molar-refractivity contribution in [2.45, 2.75) is 52.9 Å². The Hall–Kier alpha value is -3.32. The van der Waals surface area contributed by atoms with Gasteiger partial charge >= 0.3 is 0 Å². The van der Waals surface area contributed by atoms with E-state index in [0.717, 1.165) is 12.8 Å². The molecule has 0 saturated heterocycles. The Bertz CT molecular complexity index is 1290. The molecule has 0 aliphatic heterocycles. The van der Waals surface area contributed by atoms with E-state index in [1.54, 1.807) is 0 Å². The normalized spacial score (nSPS) is 13.7. The molecule has 0 unspecified atom stereocenters. The van der Waals surface area contributed by atoms with Crippen LogP contribution in [0.25, 0.3) is 11.1 Å². The first-order valence-electron chi connectivity index (χ1n) is 13.1. The molecule has 1 aliphatic carbocycles. The molecule has 1 heteroatoms. The van der Waals surface area contributed by atoms with Crippen molar-refractivity contribution < 1.29 is 0 Å². The summed E-state index contributed by atoms with van der Waals surface area (Å²) in [5.74, 6) is 1.22. The van der Waals surface area contributed by atoms with Gasteiger partial charge in [-0.3, -0.25) is 0 Å². The van der Waals surface area contributed by atoms with Gasteiger partial charge in [0.05, 0.1) is 0 Å². The minimum atomic E-state index is 0.0416. The molecule has 0 heterocycles. The number of benzene rings is 4. The lowest BCUT2D eigenvalue weighted by Gasteiger charge is -2.36. The first kappa shape index (κ1) is 23.4. The van der Waals surface area contributed by atoms with Gasteiger partial charge in [0, 0.05) is 22.5 Å². The second kappa shape index (κ2) is 9.38. The summed E-state index contributed by atoms with van der Waals surface area (Å²) < 4.78 is 0. The fourth-order valence-electron chi connectivity index (χ4n) is 6.22. The highest BCUT2D eigenvalue weighted by molar-refractivity contribution is 5.85. The van der Waals surface area contributed by atoms with E-state index in [1.807, 2.05) is 0 Å². The van der Waals surface area contributed by atoms with Crippen molar-refractivity contribution in [3.8, 4) is 11.1 Å². The lowest BCUT2D eigenvalue weighted by atomic mass is 9.68. The third kappa shape index (κ3) is 4.29. The lowest BCUT2D eigenvalue weighted by Crippen LogP contribution is -2.29. The number of aryl methyl sites for hydroxylation is 1. The van der Waals surface area contributed by atoms with Crippen LogP contribution < -0.4 is 4.90 Å². The van der Waals surface area contributed by atoms with E-state index >= 15 is 0 Å². The lowest BCUT2D eigenvalue weighted by molar-refractivity contribution is 0.337. The van der Waals surface area contributed by atoms with Crippen molar-refractivity contribution >= 4 is 17.1 Å². The van der Waals surface area contributed by atoms with Gasteiger partial charge in [-0.1, -0.05) is 93.9 Å². The second-order valence-electron chi connectivity index (χ2n) is 11.1. The van der Waals surface area contributed by atoms with Gasteiger partial charge in [-0.25, -0.2) is 0 Å². The van der Waals surface area contributed by atoms with Crippen molar-refractivity contribution in [1.82, 2.24) is 0 Å². The third-order valence-electron chi connectivity index (χ3n) is 7.33. The largest absolute Gasteiger partial charge is 0.310 e. The molecule has 5 rings (SSSR count). The van der Waals surface area contributed by atoms with Crippen LogP contribution >= 0.6 is 0 Å². The highest BCUT2D eigenvalue weighted by atomic mass is 15.1. The van der Waals surface area contributed by atoms with Gasteiger partial charge in [0.25, 0.3) is 0 Å². The predicted molar refractivity (Wildman–Crippen MR) is 151 cm³/mol. The second-order valence-corrected chi connectivity index (χ2v) is 11.1. The Labute approximate surface area is 211 Å². The molecule has 35 heavy (non-hydrogen) atoms. The predicted octanol–water partition coefficient (Wildman–Crippen LogP) is 9.82. The summed E-state index contributed by atoms with van der Waals surface area (Å²) in [6, 6.07) is 35.9. The van der Waals surface area contributed by atoms with E-state index in [-0.39, 0.29) is 5.41 Å². The standard InChI is InChI=1S/C34H37N/c1-24(2)22-34(23-25(3)4)32-14-10-9-13-30(32)31-20-19-29(21-33(31)34)35(27-11-7-6-8-12-27)28-17-15-26(5)16-18-28/h6-21,24-25H,22-23H2,1-5H3. The maximum absolute atomic E-state index is 2.49. The zero-order valence-electron chi connectivity index (χ0n) is 21.8. The van der Waals surface area contributed by atoms with Gasteiger partial charge in [0.2, 0.25) is 0 Å². The number of fused-ring (bicyclic) bond motifs is 3. The summed E-state index contributed by atoms with van der Waals surface area (Å²) in [6.45, 7) is 11.6. The highest BCUT2D eigenvalue weighted by Gasteiger charge is 2.43. The molecular formula is C34H37N. The van der Waals surface area contributed by atoms with E-state index in [0.29, 0.717) is 11.8 Å². The summed E-state index contributed by atoms with van der Waals surface area (Å²) >= 11 is 0. The molecule has 0 N–H and O–H groups in total. The van der Waals surface area contributed by atoms with Crippen LogP contribution in [0.4, 0.5) is 17.1 Å². The molecular weight excluding hydrogens is 422 g/mol. The van der Waals surface area contributed by atoms with E-state index in [4.69, 9.17) is 0 Å². The van der Waals surface area contributed by atoms with Crippen LogP contribution in [0.1, 0.15) is 57.2 Å². The Balaban J connectivity index is 1.74. The van der Waals surface area contributed by atoms with E-state index in [1.165, 1.54) is 44.9 Å². The van der Waals surface area contributed by atoms with E-state index in [9.17, 15) is 0 Å². The van der Waals surface area contributed by atoms with Gasteiger partial charge in [-0.2, -0.15) is 0 Å². The monoisotopic (exact) mass is 459 g/mol. The van der Waals surface area contributed by atoms with Crippen molar-refractivity contribution in [3.63, 3.8) is 0 Å². The zero-order valence-corrected chi connectivity index (χ0v) is 21.8. The minimum absolute atomic E-state index is 0.0416. The number of para-hydroxylation sites is 1. The molecule has 178 valence electrons. The molecule has 0 bridgehead atoms. The molecule has 1 aliphatic rings. The molecule has 0 spiro atoms. The van der Waals surface area contributed by atoms with Crippen LogP contribution in [0.5, 0.6) is 0 Å². The first-order chi connectivity index (χ1) is 16.9. The van der Waals surface area contributed by atoms with Gasteiger partial charge in [-0.15, -0.1) is 0 Å². The average Bonchev–Trinajstić information content (AvgIpc) is 3.09. The van der Waals surface area contributed by atoms with Crippen LogP contribution in [0, 0.1) is 18.8 Å². The molecule has 0 aromatic heterocycles. The van der Waals surface area contributed by atoms with E-state index in [2.05, 4.69) is 137 Å². The quantitative estimate of drug-likeness (QED) is 0.266. The Morgan fingerprint density at radius 2 is 1.11 bits per heavy atom. The van der Waals surface area contributed by atoms with Crippen LogP contribution in [-0.2, 0) is 5.41 Å². The first-order valence-corrected chi connectivity index (χ1v) is 13.1. The molecule has 0 radical (unpaired) electrons. The molecule has 0 saturated carbocycles. The van der Waals surface area contributed by atoms with Gasteiger partial charge < -0.3 is 4.90 Å². The number of anilines is 3. The maximum Gasteiger partial charge on any atom is 0.0465 e. The zero-order chi connectivity index (χ0) is 24.6. The average molecular weight is 460 g/mol.